The summed E-state index contributed by atoms with van der Waals surface area (Å²) in [6.07, 6.45) is 1.70. The average Bonchev–Trinajstić information content (AvgIpc) is 2.93. The van der Waals surface area contributed by atoms with E-state index in [2.05, 4.69) is 22.2 Å². The number of carboxylic acid groups (broad SMARTS) is 1. The monoisotopic (exact) mass is 304 g/mol. The van der Waals surface area contributed by atoms with E-state index in [4.69, 9.17) is 0 Å². The molecule has 2 rings (SSSR count). The Labute approximate surface area is 129 Å². The first-order chi connectivity index (χ1) is 10.1. The van der Waals surface area contributed by atoms with Gasteiger partial charge in [-0.2, -0.15) is 0 Å². The summed E-state index contributed by atoms with van der Waals surface area (Å²) in [5, 5.41) is 12.4. The van der Waals surface area contributed by atoms with Crippen LogP contribution in [0.3, 0.4) is 0 Å². The molecular formula is C16H20N2O2S. The maximum Gasteiger partial charge on any atom is 0.335 e. The predicted octanol–water partition coefficient (Wildman–Crippen LogP) is 3.08. The zero-order valence-electron chi connectivity index (χ0n) is 12.4. The van der Waals surface area contributed by atoms with Gasteiger partial charge in [0.05, 0.1) is 16.3 Å². The molecule has 0 radical (unpaired) electrons. The normalized spacial score (nSPS) is 11.0. The molecule has 0 atom stereocenters. The smallest absolute Gasteiger partial charge is 0.335 e. The fraction of sp³-hybridized carbons (Fsp3) is 0.375. The molecule has 5 heteroatoms. The van der Waals surface area contributed by atoms with Gasteiger partial charge >= 0.3 is 5.97 Å². The van der Waals surface area contributed by atoms with Crippen molar-refractivity contribution in [3.8, 4) is 0 Å². The van der Waals surface area contributed by atoms with Crippen molar-refractivity contribution in [3.05, 3.63) is 51.5 Å². The number of hydrogen-bond donors (Lipinski definition) is 1. The van der Waals surface area contributed by atoms with E-state index in [1.165, 1.54) is 0 Å². The molecule has 0 spiro atoms. The number of carboxylic acids is 1. The van der Waals surface area contributed by atoms with Crippen LogP contribution in [-0.4, -0.2) is 34.6 Å². The highest BCUT2D eigenvalue weighted by atomic mass is 32.1. The average molecular weight is 304 g/mol. The highest BCUT2D eigenvalue weighted by Crippen LogP contribution is 2.13. The van der Waals surface area contributed by atoms with Gasteiger partial charge in [-0.05, 0) is 31.5 Å². The standard InChI is InChI=1S/C16H20N2O2S/c1-3-15-17-13(11-21-15)10-18(2)9-8-12-6-4-5-7-14(12)16(19)20/h4-7,11H,3,8-10H2,1-2H3,(H,19,20). The summed E-state index contributed by atoms with van der Waals surface area (Å²) in [5.74, 6) is -0.861. The molecule has 0 amide bonds. The van der Waals surface area contributed by atoms with Crippen LogP contribution in [0, 0.1) is 0 Å². The Bertz CT molecular complexity index is 610. The number of benzene rings is 1. The zero-order chi connectivity index (χ0) is 15.2. The summed E-state index contributed by atoms with van der Waals surface area (Å²) in [5.41, 5.74) is 2.36. The molecule has 1 aromatic carbocycles. The van der Waals surface area contributed by atoms with Gasteiger partial charge in [0.2, 0.25) is 0 Å². The lowest BCUT2D eigenvalue weighted by molar-refractivity contribution is 0.0695. The lowest BCUT2D eigenvalue weighted by Gasteiger charge is -2.16. The molecule has 0 saturated heterocycles. The van der Waals surface area contributed by atoms with Gasteiger partial charge in [-0.1, -0.05) is 25.1 Å². The second-order valence-electron chi connectivity index (χ2n) is 5.04. The summed E-state index contributed by atoms with van der Waals surface area (Å²) >= 11 is 1.70. The minimum absolute atomic E-state index is 0.396. The summed E-state index contributed by atoms with van der Waals surface area (Å²) in [7, 11) is 2.04. The van der Waals surface area contributed by atoms with Gasteiger partial charge in [0.25, 0.3) is 0 Å². The third kappa shape index (κ3) is 4.37. The minimum atomic E-state index is -0.861. The van der Waals surface area contributed by atoms with Crippen molar-refractivity contribution in [1.82, 2.24) is 9.88 Å². The van der Waals surface area contributed by atoms with Crippen LogP contribution in [-0.2, 0) is 19.4 Å². The van der Waals surface area contributed by atoms with Gasteiger partial charge in [-0.3, -0.25) is 0 Å². The number of rotatable bonds is 7. The first-order valence-electron chi connectivity index (χ1n) is 7.03. The van der Waals surface area contributed by atoms with Crippen molar-refractivity contribution in [2.75, 3.05) is 13.6 Å². The third-order valence-electron chi connectivity index (χ3n) is 3.34. The molecule has 2 aromatic rings. The summed E-state index contributed by atoms with van der Waals surface area (Å²) in [4.78, 5) is 17.9. The van der Waals surface area contributed by atoms with E-state index in [1.807, 2.05) is 19.2 Å². The van der Waals surface area contributed by atoms with Crippen LogP contribution in [0.2, 0.25) is 0 Å². The molecule has 112 valence electrons. The van der Waals surface area contributed by atoms with Gasteiger partial charge < -0.3 is 10.0 Å². The van der Waals surface area contributed by atoms with E-state index >= 15 is 0 Å². The van der Waals surface area contributed by atoms with Crippen molar-refractivity contribution in [3.63, 3.8) is 0 Å². The van der Waals surface area contributed by atoms with Crippen LogP contribution < -0.4 is 0 Å². The van der Waals surface area contributed by atoms with E-state index in [-0.39, 0.29) is 0 Å². The molecule has 0 unspecified atom stereocenters. The Morgan fingerprint density at radius 1 is 1.38 bits per heavy atom. The van der Waals surface area contributed by atoms with Gasteiger partial charge in [0.15, 0.2) is 0 Å². The largest absolute Gasteiger partial charge is 0.478 e. The number of thiazole rings is 1. The highest BCUT2D eigenvalue weighted by molar-refractivity contribution is 7.09. The Kier molecular flexibility index (Phi) is 5.47. The molecule has 0 fully saturated rings. The van der Waals surface area contributed by atoms with E-state index < -0.39 is 5.97 Å². The number of nitrogens with zero attached hydrogens (tertiary/aromatic N) is 2. The molecular weight excluding hydrogens is 284 g/mol. The fourth-order valence-electron chi connectivity index (χ4n) is 2.20. The summed E-state index contributed by atoms with van der Waals surface area (Å²) in [6.45, 7) is 3.71. The highest BCUT2D eigenvalue weighted by Gasteiger charge is 2.10. The first-order valence-corrected chi connectivity index (χ1v) is 7.91. The Hall–Kier alpha value is -1.72. The minimum Gasteiger partial charge on any atom is -0.478 e. The van der Waals surface area contributed by atoms with Gasteiger partial charge in [-0.15, -0.1) is 11.3 Å². The van der Waals surface area contributed by atoms with E-state index in [1.54, 1.807) is 23.5 Å². The summed E-state index contributed by atoms with van der Waals surface area (Å²) < 4.78 is 0. The molecule has 4 nitrogen and oxygen atoms in total. The number of hydrogen-bond acceptors (Lipinski definition) is 4. The number of likely N-dealkylation sites (N-methyl/N-ethyl adjacent to an activating group) is 1. The quantitative estimate of drug-likeness (QED) is 0.854. The second-order valence-corrected chi connectivity index (χ2v) is 5.98. The Morgan fingerprint density at radius 2 is 2.14 bits per heavy atom. The van der Waals surface area contributed by atoms with E-state index in [0.29, 0.717) is 5.56 Å². The zero-order valence-corrected chi connectivity index (χ0v) is 13.2. The second kappa shape index (κ2) is 7.33. The van der Waals surface area contributed by atoms with Crippen LogP contribution in [0.1, 0.15) is 33.5 Å². The lowest BCUT2D eigenvalue weighted by Crippen LogP contribution is -2.21. The molecule has 21 heavy (non-hydrogen) atoms. The lowest BCUT2D eigenvalue weighted by atomic mass is 10.0. The van der Waals surface area contributed by atoms with Crippen molar-refractivity contribution in [2.45, 2.75) is 26.3 Å². The molecule has 0 bridgehead atoms. The Morgan fingerprint density at radius 3 is 2.81 bits per heavy atom. The van der Waals surface area contributed by atoms with Gasteiger partial charge in [0.1, 0.15) is 0 Å². The SMILES string of the molecule is CCc1nc(CN(C)CCc2ccccc2C(=O)O)cs1. The molecule has 1 N–H and O–H groups in total. The van der Waals surface area contributed by atoms with E-state index in [0.717, 1.165) is 42.2 Å². The Balaban J connectivity index is 1.92. The van der Waals surface area contributed by atoms with Gasteiger partial charge in [0, 0.05) is 18.5 Å². The van der Waals surface area contributed by atoms with Gasteiger partial charge in [-0.25, -0.2) is 9.78 Å². The molecule has 0 saturated carbocycles. The number of carbonyl (C=O) groups is 1. The topological polar surface area (TPSA) is 53.4 Å². The van der Waals surface area contributed by atoms with Crippen LogP contribution in [0.4, 0.5) is 0 Å². The maximum atomic E-state index is 11.2. The molecule has 1 aromatic heterocycles. The molecule has 0 aliphatic carbocycles. The van der Waals surface area contributed by atoms with Crippen molar-refractivity contribution in [1.29, 1.82) is 0 Å². The van der Waals surface area contributed by atoms with Crippen LogP contribution in [0.15, 0.2) is 29.6 Å². The van der Waals surface area contributed by atoms with Crippen molar-refractivity contribution < 1.29 is 9.90 Å². The van der Waals surface area contributed by atoms with Crippen molar-refractivity contribution in [2.24, 2.45) is 0 Å². The van der Waals surface area contributed by atoms with Crippen LogP contribution >= 0.6 is 11.3 Å². The fourth-order valence-corrected chi connectivity index (χ4v) is 2.93. The van der Waals surface area contributed by atoms with Crippen molar-refractivity contribution >= 4 is 17.3 Å². The van der Waals surface area contributed by atoms with E-state index in [9.17, 15) is 9.90 Å². The van der Waals surface area contributed by atoms with Crippen LogP contribution in [0.25, 0.3) is 0 Å². The first kappa shape index (κ1) is 15.7. The molecule has 1 heterocycles. The van der Waals surface area contributed by atoms with Crippen LogP contribution in [0.5, 0.6) is 0 Å². The number of aromatic nitrogens is 1. The number of aromatic carboxylic acids is 1. The molecule has 0 aliphatic rings. The third-order valence-corrected chi connectivity index (χ3v) is 4.39. The maximum absolute atomic E-state index is 11.2. The number of aryl methyl sites for hydroxylation is 1. The summed E-state index contributed by atoms with van der Waals surface area (Å²) in [6, 6.07) is 7.19. The molecule has 0 aliphatic heterocycles. The predicted molar refractivity (Wildman–Crippen MR) is 84.9 cm³/mol.